The fourth-order valence-electron chi connectivity index (χ4n) is 1.86. The summed E-state index contributed by atoms with van der Waals surface area (Å²) in [4.78, 5) is 11.7. The van der Waals surface area contributed by atoms with Crippen LogP contribution in [0.5, 0.6) is 0 Å². The third-order valence-electron chi connectivity index (χ3n) is 2.76. The van der Waals surface area contributed by atoms with E-state index in [1.807, 2.05) is 18.2 Å². The number of ether oxygens (including phenoxy) is 1. The zero-order valence-electron chi connectivity index (χ0n) is 8.57. The fourth-order valence-corrected chi connectivity index (χ4v) is 2.42. The standard InChI is InChI=1S/C12H13IO2/c1-15-12(14)11(8-5-6-8)9-3-2-4-10(13)7-9/h2-4,7-8,11H,5-6H2,1H3. The maximum atomic E-state index is 11.7. The van der Waals surface area contributed by atoms with E-state index in [1.54, 1.807) is 0 Å². The molecule has 0 N–H and O–H groups in total. The second-order valence-corrected chi connectivity index (χ2v) is 5.14. The van der Waals surface area contributed by atoms with E-state index >= 15 is 0 Å². The van der Waals surface area contributed by atoms with Crippen molar-refractivity contribution in [2.24, 2.45) is 5.92 Å². The highest BCUT2D eigenvalue weighted by molar-refractivity contribution is 14.1. The molecule has 1 aromatic rings. The number of halogens is 1. The number of benzene rings is 1. The van der Waals surface area contributed by atoms with Crippen molar-refractivity contribution in [1.82, 2.24) is 0 Å². The molecule has 0 aromatic heterocycles. The second-order valence-electron chi connectivity index (χ2n) is 3.89. The summed E-state index contributed by atoms with van der Waals surface area (Å²) in [5.41, 5.74) is 1.09. The Morgan fingerprint density at radius 3 is 2.80 bits per heavy atom. The molecule has 0 aliphatic heterocycles. The Hall–Kier alpha value is -0.580. The van der Waals surface area contributed by atoms with Gasteiger partial charge in [0.2, 0.25) is 0 Å². The minimum absolute atomic E-state index is 0.0512. The van der Waals surface area contributed by atoms with Gasteiger partial charge in [0.05, 0.1) is 13.0 Å². The SMILES string of the molecule is COC(=O)C(c1cccc(I)c1)C1CC1. The van der Waals surface area contributed by atoms with Gasteiger partial charge in [0.1, 0.15) is 0 Å². The molecule has 0 saturated heterocycles. The Balaban J connectivity index is 2.27. The number of esters is 1. The van der Waals surface area contributed by atoms with Crippen molar-refractivity contribution in [3.8, 4) is 0 Å². The maximum absolute atomic E-state index is 11.7. The maximum Gasteiger partial charge on any atom is 0.313 e. The molecule has 0 spiro atoms. The van der Waals surface area contributed by atoms with Crippen molar-refractivity contribution >= 4 is 28.6 Å². The first-order valence-electron chi connectivity index (χ1n) is 5.05. The Labute approximate surface area is 103 Å². The van der Waals surface area contributed by atoms with Gasteiger partial charge < -0.3 is 4.74 Å². The van der Waals surface area contributed by atoms with Gasteiger partial charge in [0, 0.05) is 3.57 Å². The van der Waals surface area contributed by atoms with Gasteiger partial charge in [-0.15, -0.1) is 0 Å². The van der Waals surface area contributed by atoms with Gasteiger partial charge in [-0.1, -0.05) is 12.1 Å². The number of carbonyl (C=O) groups is 1. The van der Waals surface area contributed by atoms with Crippen molar-refractivity contribution in [1.29, 1.82) is 0 Å². The lowest BCUT2D eigenvalue weighted by Crippen LogP contribution is -2.16. The quantitative estimate of drug-likeness (QED) is 0.633. The van der Waals surface area contributed by atoms with Crippen LogP contribution in [0.15, 0.2) is 24.3 Å². The van der Waals surface area contributed by atoms with Crippen molar-refractivity contribution in [3.05, 3.63) is 33.4 Å². The lowest BCUT2D eigenvalue weighted by atomic mass is 9.94. The monoisotopic (exact) mass is 316 g/mol. The normalized spacial score (nSPS) is 17.2. The molecule has 1 aromatic carbocycles. The van der Waals surface area contributed by atoms with Crippen LogP contribution in [0.2, 0.25) is 0 Å². The molecule has 15 heavy (non-hydrogen) atoms. The molecule has 0 heterocycles. The first-order chi connectivity index (χ1) is 7.22. The molecule has 0 amide bonds. The number of carbonyl (C=O) groups excluding carboxylic acids is 1. The molecule has 2 rings (SSSR count). The highest BCUT2D eigenvalue weighted by atomic mass is 127. The van der Waals surface area contributed by atoms with Crippen LogP contribution in [0.1, 0.15) is 24.3 Å². The van der Waals surface area contributed by atoms with Crippen molar-refractivity contribution in [2.75, 3.05) is 7.11 Å². The van der Waals surface area contributed by atoms with Crippen LogP contribution in [0, 0.1) is 9.49 Å². The average molecular weight is 316 g/mol. The van der Waals surface area contributed by atoms with Crippen LogP contribution in [0.3, 0.4) is 0 Å². The van der Waals surface area contributed by atoms with Crippen LogP contribution in [0.25, 0.3) is 0 Å². The van der Waals surface area contributed by atoms with Crippen molar-refractivity contribution in [2.45, 2.75) is 18.8 Å². The molecule has 1 fully saturated rings. The molecule has 1 saturated carbocycles. The number of methoxy groups -OCH3 is 1. The van der Waals surface area contributed by atoms with Crippen molar-refractivity contribution < 1.29 is 9.53 Å². The van der Waals surface area contributed by atoms with E-state index < -0.39 is 0 Å². The second kappa shape index (κ2) is 4.51. The number of rotatable bonds is 3. The molecule has 1 aliphatic carbocycles. The minimum atomic E-state index is -0.0977. The van der Waals surface area contributed by atoms with Crippen LogP contribution >= 0.6 is 22.6 Å². The van der Waals surface area contributed by atoms with E-state index in [9.17, 15) is 4.79 Å². The lowest BCUT2D eigenvalue weighted by Gasteiger charge is -2.14. The molecule has 80 valence electrons. The van der Waals surface area contributed by atoms with Gasteiger partial charge in [0.25, 0.3) is 0 Å². The fraction of sp³-hybridized carbons (Fsp3) is 0.417. The van der Waals surface area contributed by atoms with Gasteiger partial charge in [0.15, 0.2) is 0 Å². The van der Waals surface area contributed by atoms with Gasteiger partial charge >= 0.3 is 5.97 Å². The summed E-state index contributed by atoms with van der Waals surface area (Å²) in [7, 11) is 1.46. The molecule has 1 unspecified atom stereocenters. The van der Waals surface area contributed by atoms with E-state index in [2.05, 4.69) is 28.7 Å². The number of hydrogen-bond donors (Lipinski definition) is 0. The van der Waals surface area contributed by atoms with Crippen LogP contribution in [-0.2, 0) is 9.53 Å². The summed E-state index contributed by atoms with van der Waals surface area (Å²) < 4.78 is 6.03. The van der Waals surface area contributed by atoms with Gasteiger partial charge in [-0.3, -0.25) is 4.79 Å². The van der Waals surface area contributed by atoms with Crippen LogP contribution in [0.4, 0.5) is 0 Å². The van der Waals surface area contributed by atoms with Crippen LogP contribution in [-0.4, -0.2) is 13.1 Å². The summed E-state index contributed by atoms with van der Waals surface area (Å²) in [6.07, 6.45) is 2.29. The Morgan fingerprint density at radius 1 is 1.53 bits per heavy atom. The van der Waals surface area contributed by atoms with E-state index in [0.717, 1.165) is 18.4 Å². The van der Waals surface area contributed by atoms with Crippen LogP contribution < -0.4 is 0 Å². The largest absolute Gasteiger partial charge is 0.469 e. The summed E-state index contributed by atoms with van der Waals surface area (Å²) in [5.74, 6) is 0.347. The molecular weight excluding hydrogens is 303 g/mol. The molecule has 3 heteroatoms. The zero-order chi connectivity index (χ0) is 10.8. The van der Waals surface area contributed by atoms with Gasteiger partial charge in [-0.2, -0.15) is 0 Å². The van der Waals surface area contributed by atoms with Gasteiger partial charge in [-0.25, -0.2) is 0 Å². The zero-order valence-corrected chi connectivity index (χ0v) is 10.7. The summed E-state index contributed by atoms with van der Waals surface area (Å²) in [6, 6.07) is 8.11. The lowest BCUT2D eigenvalue weighted by molar-refractivity contribution is -0.143. The Kier molecular flexibility index (Phi) is 3.29. The highest BCUT2D eigenvalue weighted by Crippen LogP contribution is 2.43. The topological polar surface area (TPSA) is 26.3 Å². The summed E-state index contributed by atoms with van der Waals surface area (Å²) in [6.45, 7) is 0. The summed E-state index contributed by atoms with van der Waals surface area (Å²) in [5, 5.41) is 0. The predicted molar refractivity (Wildman–Crippen MR) is 66.6 cm³/mol. The van der Waals surface area contributed by atoms with Gasteiger partial charge in [-0.05, 0) is 59.0 Å². The smallest absolute Gasteiger partial charge is 0.313 e. The minimum Gasteiger partial charge on any atom is -0.469 e. The van der Waals surface area contributed by atoms with E-state index in [-0.39, 0.29) is 11.9 Å². The van der Waals surface area contributed by atoms with E-state index in [1.165, 1.54) is 10.7 Å². The van der Waals surface area contributed by atoms with E-state index in [0.29, 0.717) is 5.92 Å². The molecular formula is C12H13IO2. The molecule has 1 aliphatic rings. The van der Waals surface area contributed by atoms with E-state index in [4.69, 9.17) is 4.74 Å². The van der Waals surface area contributed by atoms with Crippen molar-refractivity contribution in [3.63, 3.8) is 0 Å². The third kappa shape index (κ3) is 2.51. The Morgan fingerprint density at radius 2 is 2.27 bits per heavy atom. The first kappa shape index (κ1) is 10.9. The molecule has 1 atom stereocenters. The molecule has 2 nitrogen and oxygen atoms in total. The Bertz CT molecular complexity index is 372. The average Bonchev–Trinajstić information content (AvgIpc) is 3.02. The summed E-state index contributed by atoms with van der Waals surface area (Å²) >= 11 is 2.27. The third-order valence-corrected chi connectivity index (χ3v) is 3.43. The number of hydrogen-bond acceptors (Lipinski definition) is 2. The highest BCUT2D eigenvalue weighted by Gasteiger charge is 2.37. The predicted octanol–water partition coefficient (Wildman–Crippen LogP) is 2.96. The molecule has 0 radical (unpaired) electrons. The molecule has 0 bridgehead atoms. The first-order valence-corrected chi connectivity index (χ1v) is 6.13.